The zero-order chi connectivity index (χ0) is 19.2. The average molecular weight is 396 g/mol. The van der Waals surface area contributed by atoms with E-state index < -0.39 is 10.0 Å². The second-order valence-corrected chi connectivity index (χ2v) is 8.73. The van der Waals surface area contributed by atoms with Gasteiger partial charge >= 0.3 is 0 Å². The van der Waals surface area contributed by atoms with Crippen LogP contribution in [0, 0.1) is 13.8 Å². The Balaban J connectivity index is 1.82. The third kappa shape index (κ3) is 5.79. The minimum Gasteiger partial charge on any atom is -0.355 e. The Kier molecular flexibility index (Phi) is 7.13. The summed E-state index contributed by atoms with van der Waals surface area (Å²) in [7, 11) is 0.113. The number of hydrogen-bond acceptors (Lipinski definition) is 5. The van der Waals surface area contributed by atoms with Gasteiger partial charge in [-0.05, 0) is 26.0 Å². The molecule has 0 unspecified atom stereocenters. The minimum absolute atomic E-state index is 0.263. The van der Waals surface area contributed by atoms with E-state index in [2.05, 4.69) is 20.0 Å². The standard InChI is InChI=1S/C17H25N5O2S2/c1-13-5-7-16(8-6-13)26(23,24)20-10-9-19-17(18-3)22(4)11-15-12-25-14(2)21-15/h5-8,12,20H,9-11H2,1-4H3,(H,18,19). The molecule has 1 heterocycles. The van der Waals surface area contributed by atoms with Crippen LogP contribution in [0.5, 0.6) is 0 Å². The molecule has 0 aliphatic carbocycles. The van der Waals surface area contributed by atoms with Crippen molar-refractivity contribution in [3.05, 3.63) is 45.9 Å². The molecule has 0 bridgehead atoms. The predicted octanol–water partition coefficient (Wildman–Crippen LogP) is 1.75. The van der Waals surface area contributed by atoms with E-state index in [1.165, 1.54) is 0 Å². The van der Waals surface area contributed by atoms with Crippen LogP contribution in [0.15, 0.2) is 39.5 Å². The van der Waals surface area contributed by atoms with Crippen LogP contribution in [0.25, 0.3) is 0 Å². The highest BCUT2D eigenvalue weighted by Crippen LogP contribution is 2.10. The topological polar surface area (TPSA) is 86.7 Å². The Bertz CT molecular complexity index is 844. The summed E-state index contributed by atoms with van der Waals surface area (Å²) in [5.74, 6) is 0.685. The maximum Gasteiger partial charge on any atom is 0.240 e. The van der Waals surface area contributed by atoms with Crippen LogP contribution in [-0.2, 0) is 16.6 Å². The lowest BCUT2D eigenvalue weighted by Gasteiger charge is -2.21. The number of guanidine groups is 1. The molecule has 2 N–H and O–H groups in total. The molecule has 0 aliphatic heterocycles. The monoisotopic (exact) mass is 395 g/mol. The van der Waals surface area contributed by atoms with Crippen LogP contribution in [0.1, 0.15) is 16.3 Å². The molecule has 142 valence electrons. The Morgan fingerprint density at radius 1 is 1.23 bits per heavy atom. The minimum atomic E-state index is -3.50. The van der Waals surface area contributed by atoms with Crippen molar-refractivity contribution in [1.29, 1.82) is 0 Å². The SMILES string of the molecule is CN=C(NCCNS(=O)(=O)c1ccc(C)cc1)N(C)Cc1csc(C)n1. The Hall–Kier alpha value is -1.97. The maximum atomic E-state index is 12.2. The van der Waals surface area contributed by atoms with Gasteiger partial charge < -0.3 is 10.2 Å². The van der Waals surface area contributed by atoms with Crippen molar-refractivity contribution in [2.75, 3.05) is 27.2 Å². The molecule has 1 aromatic carbocycles. The van der Waals surface area contributed by atoms with Crippen molar-refractivity contribution >= 4 is 27.3 Å². The van der Waals surface area contributed by atoms with Crippen LogP contribution in [-0.4, -0.2) is 51.4 Å². The summed E-state index contributed by atoms with van der Waals surface area (Å²) in [6.07, 6.45) is 0. The van der Waals surface area contributed by atoms with Gasteiger partial charge in [-0.15, -0.1) is 11.3 Å². The molecule has 0 radical (unpaired) electrons. The molecule has 9 heteroatoms. The van der Waals surface area contributed by atoms with Gasteiger partial charge in [0, 0.05) is 32.6 Å². The Morgan fingerprint density at radius 2 is 1.92 bits per heavy atom. The normalized spacial score (nSPS) is 12.2. The summed E-state index contributed by atoms with van der Waals surface area (Å²) < 4.78 is 27.1. The molecule has 26 heavy (non-hydrogen) atoms. The van der Waals surface area contributed by atoms with E-state index in [-0.39, 0.29) is 11.4 Å². The number of nitrogens with zero attached hydrogens (tertiary/aromatic N) is 3. The van der Waals surface area contributed by atoms with E-state index in [1.54, 1.807) is 42.6 Å². The number of benzene rings is 1. The molecule has 0 saturated carbocycles. The highest BCUT2D eigenvalue weighted by atomic mass is 32.2. The molecule has 0 spiro atoms. The van der Waals surface area contributed by atoms with Gasteiger partial charge in [-0.1, -0.05) is 17.7 Å². The van der Waals surface area contributed by atoms with Crippen molar-refractivity contribution in [3.63, 3.8) is 0 Å². The molecule has 7 nitrogen and oxygen atoms in total. The first-order valence-electron chi connectivity index (χ1n) is 8.21. The van der Waals surface area contributed by atoms with Crippen LogP contribution < -0.4 is 10.0 Å². The Morgan fingerprint density at radius 3 is 2.50 bits per heavy atom. The smallest absolute Gasteiger partial charge is 0.240 e. The average Bonchev–Trinajstić information content (AvgIpc) is 3.00. The first kappa shape index (κ1) is 20.3. The van der Waals surface area contributed by atoms with Gasteiger partial charge in [0.1, 0.15) is 0 Å². The maximum absolute atomic E-state index is 12.2. The largest absolute Gasteiger partial charge is 0.355 e. The molecule has 0 atom stereocenters. The first-order chi connectivity index (χ1) is 12.3. The first-order valence-corrected chi connectivity index (χ1v) is 10.6. The lowest BCUT2D eigenvalue weighted by molar-refractivity contribution is 0.471. The van der Waals surface area contributed by atoms with E-state index in [0.29, 0.717) is 19.0 Å². The lowest BCUT2D eigenvalue weighted by atomic mass is 10.2. The molecule has 0 saturated heterocycles. The lowest BCUT2D eigenvalue weighted by Crippen LogP contribution is -2.42. The number of sulfonamides is 1. The summed E-state index contributed by atoms with van der Waals surface area (Å²) in [5.41, 5.74) is 2.01. The zero-order valence-electron chi connectivity index (χ0n) is 15.5. The number of nitrogens with one attached hydrogen (secondary N) is 2. The number of hydrogen-bond donors (Lipinski definition) is 2. The van der Waals surface area contributed by atoms with E-state index in [9.17, 15) is 8.42 Å². The highest BCUT2D eigenvalue weighted by Gasteiger charge is 2.13. The van der Waals surface area contributed by atoms with Crippen molar-refractivity contribution in [1.82, 2.24) is 19.9 Å². The number of rotatable bonds is 7. The van der Waals surface area contributed by atoms with Crippen molar-refractivity contribution < 1.29 is 8.42 Å². The van der Waals surface area contributed by atoms with Gasteiger partial charge in [-0.25, -0.2) is 18.1 Å². The molecule has 2 aromatic rings. The number of aliphatic imine (C=N–C) groups is 1. The van der Waals surface area contributed by atoms with Crippen LogP contribution in [0.4, 0.5) is 0 Å². The summed E-state index contributed by atoms with van der Waals surface area (Å²) in [6.45, 7) is 5.22. The fourth-order valence-corrected chi connectivity index (χ4v) is 3.98. The van der Waals surface area contributed by atoms with Gasteiger partial charge in [0.15, 0.2) is 5.96 Å². The van der Waals surface area contributed by atoms with Gasteiger partial charge in [0.2, 0.25) is 10.0 Å². The van der Waals surface area contributed by atoms with E-state index >= 15 is 0 Å². The summed E-state index contributed by atoms with van der Waals surface area (Å²) >= 11 is 1.61. The summed E-state index contributed by atoms with van der Waals surface area (Å²) in [5, 5.41) is 6.21. The molecule has 0 aliphatic rings. The van der Waals surface area contributed by atoms with Gasteiger partial charge in [0.25, 0.3) is 0 Å². The van der Waals surface area contributed by atoms with Gasteiger partial charge in [-0.3, -0.25) is 4.99 Å². The van der Waals surface area contributed by atoms with E-state index in [4.69, 9.17) is 0 Å². The van der Waals surface area contributed by atoms with Crippen LogP contribution in [0.2, 0.25) is 0 Å². The van der Waals surface area contributed by atoms with Crippen molar-refractivity contribution in [2.45, 2.75) is 25.3 Å². The molecule has 2 rings (SSSR count). The molecular formula is C17H25N5O2S2. The molecule has 0 amide bonds. The third-order valence-corrected chi connectivity index (χ3v) is 5.97. The number of aromatic nitrogens is 1. The second-order valence-electron chi connectivity index (χ2n) is 5.90. The Labute approximate surface area is 159 Å². The van der Waals surface area contributed by atoms with Crippen LogP contribution >= 0.6 is 11.3 Å². The molecular weight excluding hydrogens is 370 g/mol. The quantitative estimate of drug-likeness (QED) is 0.424. The van der Waals surface area contributed by atoms with E-state index in [0.717, 1.165) is 16.3 Å². The fourth-order valence-electron chi connectivity index (χ4n) is 2.34. The van der Waals surface area contributed by atoms with E-state index in [1.807, 2.05) is 31.2 Å². The predicted molar refractivity (Wildman–Crippen MR) is 106 cm³/mol. The fraction of sp³-hybridized carbons (Fsp3) is 0.412. The molecule has 1 aromatic heterocycles. The van der Waals surface area contributed by atoms with Gasteiger partial charge in [0.05, 0.1) is 22.1 Å². The summed E-state index contributed by atoms with van der Waals surface area (Å²) in [6, 6.07) is 6.77. The van der Waals surface area contributed by atoms with Crippen LogP contribution in [0.3, 0.4) is 0 Å². The summed E-state index contributed by atoms with van der Waals surface area (Å²) in [4.78, 5) is 10.9. The van der Waals surface area contributed by atoms with Crippen molar-refractivity contribution in [2.24, 2.45) is 4.99 Å². The second kappa shape index (κ2) is 9.11. The zero-order valence-corrected chi connectivity index (χ0v) is 17.1. The molecule has 0 fully saturated rings. The third-order valence-electron chi connectivity index (χ3n) is 3.67. The number of thiazole rings is 1. The highest BCUT2D eigenvalue weighted by molar-refractivity contribution is 7.89. The number of aryl methyl sites for hydroxylation is 2. The van der Waals surface area contributed by atoms with Gasteiger partial charge in [-0.2, -0.15) is 0 Å². The van der Waals surface area contributed by atoms with Crippen molar-refractivity contribution in [3.8, 4) is 0 Å².